The Labute approximate surface area is 170 Å². The summed E-state index contributed by atoms with van der Waals surface area (Å²) >= 11 is 6.08. The van der Waals surface area contributed by atoms with Crippen molar-refractivity contribution in [1.82, 2.24) is 15.1 Å². The lowest BCUT2D eigenvalue weighted by molar-refractivity contribution is -0.140. The molecule has 1 aromatic rings. The summed E-state index contributed by atoms with van der Waals surface area (Å²) in [5, 5.41) is 3.73. The van der Waals surface area contributed by atoms with Crippen LogP contribution in [0.1, 0.15) is 18.4 Å². The van der Waals surface area contributed by atoms with Gasteiger partial charge in [-0.15, -0.1) is 0 Å². The molecular formula is C20H28ClFN4O2. The minimum Gasteiger partial charge on any atom is -0.378 e. The Hall–Kier alpha value is -1.86. The number of piperidine rings is 1. The number of hydrogen-bond acceptors (Lipinski definition) is 3. The summed E-state index contributed by atoms with van der Waals surface area (Å²) in [7, 11) is 1.74. The third kappa shape index (κ3) is 5.14. The molecule has 2 aliphatic rings. The molecule has 8 heteroatoms. The van der Waals surface area contributed by atoms with E-state index >= 15 is 0 Å². The molecule has 1 N–H and O–H groups in total. The molecule has 28 heavy (non-hydrogen) atoms. The van der Waals surface area contributed by atoms with Crippen LogP contribution in [0.15, 0.2) is 23.2 Å². The van der Waals surface area contributed by atoms with Gasteiger partial charge in [-0.1, -0.05) is 17.7 Å². The molecule has 2 fully saturated rings. The lowest BCUT2D eigenvalue weighted by atomic mass is 9.95. The Balaban J connectivity index is 1.46. The number of aliphatic imine (C=N–C) groups is 1. The van der Waals surface area contributed by atoms with Crippen molar-refractivity contribution >= 4 is 23.5 Å². The fourth-order valence-electron chi connectivity index (χ4n) is 3.78. The first-order chi connectivity index (χ1) is 13.6. The number of ether oxygens (including phenoxy) is 1. The van der Waals surface area contributed by atoms with E-state index in [1.54, 1.807) is 19.2 Å². The van der Waals surface area contributed by atoms with Crippen LogP contribution in [0, 0.1) is 11.7 Å². The first-order valence-corrected chi connectivity index (χ1v) is 10.2. The van der Waals surface area contributed by atoms with Crippen LogP contribution in [0.3, 0.4) is 0 Å². The predicted octanol–water partition coefficient (Wildman–Crippen LogP) is 2.17. The van der Waals surface area contributed by atoms with Crippen LogP contribution in [0.25, 0.3) is 0 Å². The smallest absolute Gasteiger partial charge is 0.225 e. The Morgan fingerprint density at radius 1 is 1.25 bits per heavy atom. The van der Waals surface area contributed by atoms with Crippen LogP contribution in [0.5, 0.6) is 0 Å². The molecule has 0 aromatic heterocycles. The van der Waals surface area contributed by atoms with Crippen molar-refractivity contribution < 1.29 is 13.9 Å². The summed E-state index contributed by atoms with van der Waals surface area (Å²) in [5.41, 5.74) is 0.516. The Bertz CT molecular complexity index is 681. The van der Waals surface area contributed by atoms with Gasteiger partial charge in [-0.25, -0.2) is 4.39 Å². The summed E-state index contributed by atoms with van der Waals surface area (Å²) in [5.74, 6) is 0.821. The van der Waals surface area contributed by atoms with Gasteiger partial charge in [0.15, 0.2) is 5.96 Å². The first kappa shape index (κ1) is 20.9. The number of halogens is 2. The molecule has 2 saturated heterocycles. The highest BCUT2D eigenvalue weighted by Crippen LogP contribution is 2.21. The second-order valence-corrected chi connectivity index (χ2v) is 7.53. The molecule has 0 saturated carbocycles. The summed E-state index contributed by atoms with van der Waals surface area (Å²) in [6.45, 7) is 4.75. The minimum absolute atomic E-state index is 0.0738. The highest BCUT2D eigenvalue weighted by Gasteiger charge is 2.30. The fourth-order valence-corrected chi connectivity index (χ4v) is 4.04. The van der Waals surface area contributed by atoms with Crippen LogP contribution in [-0.2, 0) is 16.0 Å². The van der Waals surface area contributed by atoms with Crippen molar-refractivity contribution in [1.29, 1.82) is 0 Å². The van der Waals surface area contributed by atoms with Gasteiger partial charge in [-0.2, -0.15) is 0 Å². The Morgan fingerprint density at radius 2 is 1.96 bits per heavy atom. The average molecular weight is 411 g/mol. The Morgan fingerprint density at radius 3 is 2.61 bits per heavy atom. The standard InChI is InChI=1S/C20H28ClFN4O2/c1-23-20(24-8-5-16-17(21)3-2-4-18(16)22)26-9-6-15(7-10-26)19(27)25-11-13-28-14-12-25/h2-4,15H,5-14H2,1H3,(H,23,24). The number of benzene rings is 1. The monoisotopic (exact) mass is 410 g/mol. The van der Waals surface area contributed by atoms with Gasteiger partial charge < -0.3 is 19.9 Å². The predicted molar refractivity (Wildman–Crippen MR) is 108 cm³/mol. The molecule has 6 nitrogen and oxygen atoms in total. The number of nitrogens with one attached hydrogen (secondary N) is 1. The quantitative estimate of drug-likeness (QED) is 0.610. The second-order valence-electron chi connectivity index (χ2n) is 7.12. The van der Waals surface area contributed by atoms with E-state index in [9.17, 15) is 9.18 Å². The van der Waals surface area contributed by atoms with Gasteiger partial charge in [0.2, 0.25) is 5.91 Å². The largest absolute Gasteiger partial charge is 0.378 e. The molecule has 1 amide bonds. The summed E-state index contributed by atoms with van der Waals surface area (Å²) in [4.78, 5) is 21.1. The van der Waals surface area contributed by atoms with E-state index in [4.69, 9.17) is 16.3 Å². The van der Waals surface area contributed by atoms with Gasteiger partial charge in [-0.3, -0.25) is 9.79 Å². The second kappa shape index (κ2) is 10.1. The van der Waals surface area contributed by atoms with E-state index in [1.165, 1.54) is 6.07 Å². The number of guanidine groups is 1. The molecule has 0 aliphatic carbocycles. The molecule has 2 aliphatic heterocycles. The van der Waals surface area contributed by atoms with E-state index in [2.05, 4.69) is 15.2 Å². The molecule has 0 radical (unpaired) electrons. The maximum atomic E-state index is 13.9. The van der Waals surface area contributed by atoms with Crippen LogP contribution < -0.4 is 5.32 Å². The molecule has 1 aromatic carbocycles. The minimum atomic E-state index is -0.285. The number of rotatable bonds is 4. The van der Waals surface area contributed by atoms with Crippen LogP contribution in [0.4, 0.5) is 4.39 Å². The lowest BCUT2D eigenvalue weighted by Gasteiger charge is -2.36. The number of likely N-dealkylation sites (tertiary alicyclic amines) is 1. The number of carbonyl (C=O) groups is 1. The third-order valence-corrected chi connectivity index (χ3v) is 5.75. The summed E-state index contributed by atoms with van der Waals surface area (Å²) < 4.78 is 19.2. The zero-order chi connectivity index (χ0) is 19.9. The van der Waals surface area contributed by atoms with Crippen molar-refractivity contribution in [3.8, 4) is 0 Å². The fraction of sp³-hybridized carbons (Fsp3) is 0.600. The zero-order valence-corrected chi connectivity index (χ0v) is 17.1. The van der Waals surface area contributed by atoms with Crippen LogP contribution >= 0.6 is 11.6 Å². The van der Waals surface area contributed by atoms with Crippen LogP contribution in [0.2, 0.25) is 5.02 Å². The molecule has 3 rings (SSSR count). The Kier molecular flexibility index (Phi) is 7.50. The van der Waals surface area contributed by atoms with Gasteiger partial charge in [0.05, 0.1) is 13.2 Å². The molecule has 0 bridgehead atoms. The van der Waals surface area contributed by atoms with E-state index in [1.807, 2.05) is 4.90 Å². The molecule has 0 unspecified atom stereocenters. The van der Waals surface area contributed by atoms with Crippen molar-refractivity contribution in [3.63, 3.8) is 0 Å². The van der Waals surface area contributed by atoms with Crippen molar-refractivity contribution in [3.05, 3.63) is 34.6 Å². The highest BCUT2D eigenvalue weighted by molar-refractivity contribution is 6.31. The summed E-state index contributed by atoms with van der Waals surface area (Å²) in [6, 6.07) is 4.73. The van der Waals surface area contributed by atoms with E-state index in [0.29, 0.717) is 49.9 Å². The number of amides is 1. The van der Waals surface area contributed by atoms with Crippen molar-refractivity contribution in [2.45, 2.75) is 19.3 Å². The van der Waals surface area contributed by atoms with E-state index < -0.39 is 0 Å². The lowest BCUT2D eigenvalue weighted by Crippen LogP contribution is -2.50. The number of morpholine rings is 1. The van der Waals surface area contributed by atoms with Gasteiger partial charge in [0.25, 0.3) is 0 Å². The number of carbonyl (C=O) groups excluding carboxylic acids is 1. The van der Waals surface area contributed by atoms with Crippen molar-refractivity contribution in [2.75, 3.05) is 53.0 Å². The number of hydrogen-bond donors (Lipinski definition) is 1. The first-order valence-electron chi connectivity index (χ1n) is 9.85. The SMILES string of the molecule is CN=C(NCCc1c(F)cccc1Cl)N1CCC(C(=O)N2CCOCC2)CC1. The maximum Gasteiger partial charge on any atom is 0.225 e. The highest BCUT2D eigenvalue weighted by atomic mass is 35.5. The molecule has 2 heterocycles. The average Bonchev–Trinajstić information content (AvgIpc) is 2.73. The zero-order valence-electron chi connectivity index (χ0n) is 16.3. The molecule has 0 atom stereocenters. The van der Waals surface area contributed by atoms with Crippen molar-refractivity contribution in [2.24, 2.45) is 10.9 Å². The van der Waals surface area contributed by atoms with E-state index in [-0.39, 0.29) is 17.6 Å². The summed E-state index contributed by atoms with van der Waals surface area (Å²) in [6.07, 6.45) is 2.11. The number of nitrogens with zero attached hydrogens (tertiary/aromatic N) is 3. The van der Waals surface area contributed by atoms with Gasteiger partial charge in [0, 0.05) is 56.3 Å². The van der Waals surface area contributed by atoms with Crippen LogP contribution in [-0.4, -0.2) is 74.7 Å². The molecule has 154 valence electrons. The third-order valence-electron chi connectivity index (χ3n) is 5.40. The van der Waals surface area contributed by atoms with Gasteiger partial charge in [0.1, 0.15) is 5.82 Å². The molecular weight excluding hydrogens is 383 g/mol. The normalized spacial score (nSPS) is 19.0. The molecule has 0 spiro atoms. The van der Waals surface area contributed by atoms with Gasteiger partial charge >= 0.3 is 0 Å². The maximum absolute atomic E-state index is 13.9. The van der Waals surface area contributed by atoms with Gasteiger partial charge in [-0.05, 0) is 31.4 Å². The topological polar surface area (TPSA) is 57.2 Å². The van der Waals surface area contributed by atoms with E-state index in [0.717, 1.165) is 31.9 Å².